The van der Waals surface area contributed by atoms with Crippen molar-refractivity contribution in [1.29, 1.82) is 0 Å². The smallest absolute Gasteiger partial charge is 0.466 e. The first-order chi connectivity index (χ1) is 25.3. The molecule has 0 N–H and O–H groups in total. The molecule has 308 valence electrons. The minimum Gasteiger partial charge on any atom is -0.466 e. The van der Waals surface area contributed by atoms with Gasteiger partial charge in [-0.1, -0.05) is 149 Å². The summed E-state index contributed by atoms with van der Waals surface area (Å²) in [7, 11) is 3.99. The van der Waals surface area contributed by atoms with Gasteiger partial charge in [-0.2, -0.15) is 0 Å². The van der Waals surface area contributed by atoms with Crippen molar-refractivity contribution in [3.63, 3.8) is 0 Å². The molecule has 0 heterocycles. The Hall–Kier alpha value is -1.83. The number of hydrogen-bond donors (Lipinski definition) is 0. The van der Waals surface area contributed by atoms with Crippen molar-refractivity contribution in [1.82, 2.24) is 4.90 Å². The lowest BCUT2D eigenvalue weighted by Gasteiger charge is -2.19. The van der Waals surface area contributed by atoms with Crippen LogP contribution in [0.5, 0.6) is 0 Å². The summed E-state index contributed by atoms with van der Waals surface area (Å²) in [6.07, 6.45) is 31.3. The van der Waals surface area contributed by atoms with Crippen molar-refractivity contribution >= 4 is 18.1 Å². The summed E-state index contributed by atoms with van der Waals surface area (Å²) >= 11 is 0. The zero-order valence-corrected chi connectivity index (χ0v) is 35.0. The summed E-state index contributed by atoms with van der Waals surface area (Å²) in [6, 6.07) is 0. The second-order valence-corrected chi connectivity index (χ2v) is 15.5. The van der Waals surface area contributed by atoms with E-state index >= 15 is 0 Å². The SMILES string of the molecule is CCCCCCCCC(CCCCCC)CC(=O)OCCC(CCCCCCCCCCOC(=O)CCCCCCC)OC(=O)OCCCN(C)C. The summed E-state index contributed by atoms with van der Waals surface area (Å²) in [5.41, 5.74) is 0. The van der Waals surface area contributed by atoms with Gasteiger partial charge in [0.2, 0.25) is 0 Å². The lowest BCUT2D eigenvalue weighted by molar-refractivity contribution is -0.146. The van der Waals surface area contributed by atoms with Gasteiger partial charge < -0.3 is 23.8 Å². The van der Waals surface area contributed by atoms with Gasteiger partial charge in [-0.05, 0) is 65.0 Å². The second-order valence-electron chi connectivity index (χ2n) is 15.5. The van der Waals surface area contributed by atoms with Crippen LogP contribution in [0, 0.1) is 5.92 Å². The second kappa shape index (κ2) is 38.9. The number of carbonyl (C=O) groups excluding carboxylic acids is 3. The lowest BCUT2D eigenvalue weighted by atomic mass is 9.91. The highest BCUT2D eigenvalue weighted by Crippen LogP contribution is 2.23. The Morgan fingerprint density at radius 2 is 0.923 bits per heavy atom. The fourth-order valence-corrected chi connectivity index (χ4v) is 6.65. The van der Waals surface area contributed by atoms with Gasteiger partial charge in [-0.25, -0.2) is 4.79 Å². The molecule has 0 fully saturated rings. The van der Waals surface area contributed by atoms with Crippen LogP contribution in [0.4, 0.5) is 4.79 Å². The molecule has 8 nitrogen and oxygen atoms in total. The van der Waals surface area contributed by atoms with Gasteiger partial charge in [-0.3, -0.25) is 9.59 Å². The molecule has 0 amide bonds. The average molecular weight is 740 g/mol. The summed E-state index contributed by atoms with van der Waals surface area (Å²) in [6.45, 7) is 8.67. The molecule has 0 bridgehead atoms. The Bertz CT molecular complexity index is 805. The van der Waals surface area contributed by atoms with E-state index in [0.717, 1.165) is 83.6 Å². The van der Waals surface area contributed by atoms with Crippen LogP contribution in [0.1, 0.15) is 213 Å². The van der Waals surface area contributed by atoms with E-state index in [1.807, 2.05) is 14.1 Å². The normalized spacial score (nSPS) is 12.5. The number of hydrogen-bond acceptors (Lipinski definition) is 8. The first-order valence-electron chi connectivity index (χ1n) is 22.1. The number of ether oxygens (including phenoxy) is 4. The maximum absolute atomic E-state index is 12.9. The lowest BCUT2D eigenvalue weighted by Crippen LogP contribution is -2.23. The Morgan fingerprint density at radius 3 is 1.50 bits per heavy atom. The minimum absolute atomic E-state index is 0.0462. The molecule has 0 rings (SSSR count). The Morgan fingerprint density at radius 1 is 0.462 bits per heavy atom. The van der Waals surface area contributed by atoms with Crippen LogP contribution >= 0.6 is 0 Å². The molecule has 0 radical (unpaired) electrons. The van der Waals surface area contributed by atoms with Gasteiger partial charge in [0.05, 0.1) is 19.8 Å². The molecule has 0 aliphatic carbocycles. The van der Waals surface area contributed by atoms with E-state index < -0.39 is 6.16 Å². The van der Waals surface area contributed by atoms with E-state index in [0.29, 0.717) is 38.4 Å². The number of carbonyl (C=O) groups is 3. The third kappa shape index (κ3) is 36.5. The standard InChI is InChI=1S/C44H85NO7/c1-6-9-12-15-21-25-31-40(30-24-14-11-8-3)39-43(47)50-38-34-41(52-44(48)51-37-29-35-45(4)5)32-26-22-18-16-17-19-23-28-36-49-42(46)33-27-20-13-10-7-2/h40-41H,6-39H2,1-5H3. The maximum Gasteiger partial charge on any atom is 0.508 e. The van der Waals surface area contributed by atoms with Crippen LogP contribution in [-0.2, 0) is 28.5 Å². The van der Waals surface area contributed by atoms with E-state index in [9.17, 15) is 14.4 Å². The molecule has 0 aromatic carbocycles. The van der Waals surface area contributed by atoms with Gasteiger partial charge in [0, 0.05) is 25.8 Å². The molecule has 0 aromatic rings. The third-order valence-electron chi connectivity index (χ3n) is 9.99. The quantitative estimate of drug-likeness (QED) is 0.0349. The largest absolute Gasteiger partial charge is 0.508 e. The summed E-state index contributed by atoms with van der Waals surface area (Å²) in [5, 5.41) is 0. The fourth-order valence-electron chi connectivity index (χ4n) is 6.65. The fraction of sp³-hybridized carbons (Fsp3) is 0.932. The molecule has 2 unspecified atom stereocenters. The van der Waals surface area contributed by atoms with Gasteiger partial charge >= 0.3 is 18.1 Å². The van der Waals surface area contributed by atoms with Crippen LogP contribution in [-0.4, -0.2) is 69.6 Å². The molecule has 52 heavy (non-hydrogen) atoms. The van der Waals surface area contributed by atoms with Crippen LogP contribution in [0.15, 0.2) is 0 Å². The predicted octanol–water partition coefficient (Wildman–Crippen LogP) is 12.5. The Balaban J connectivity index is 4.49. The number of nitrogens with zero attached hydrogens (tertiary/aromatic N) is 1. The van der Waals surface area contributed by atoms with Crippen LogP contribution in [0.2, 0.25) is 0 Å². The zero-order chi connectivity index (χ0) is 38.3. The van der Waals surface area contributed by atoms with Crippen molar-refractivity contribution in [3.8, 4) is 0 Å². The molecule has 8 heteroatoms. The molecule has 0 aliphatic rings. The van der Waals surface area contributed by atoms with E-state index in [4.69, 9.17) is 18.9 Å². The predicted molar refractivity (Wildman–Crippen MR) is 216 cm³/mol. The Labute approximate surface area is 321 Å². The van der Waals surface area contributed by atoms with Crippen LogP contribution in [0.3, 0.4) is 0 Å². The van der Waals surface area contributed by atoms with Gasteiger partial charge in [0.25, 0.3) is 0 Å². The van der Waals surface area contributed by atoms with Crippen molar-refractivity contribution in [3.05, 3.63) is 0 Å². The van der Waals surface area contributed by atoms with Crippen molar-refractivity contribution in [2.45, 2.75) is 219 Å². The zero-order valence-electron chi connectivity index (χ0n) is 35.0. The highest BCUT2D eigenvalue weighted by Gasteiger charge is 2.19. The first kappa shape index (κ1) is 50.2. The van der Waals surface area contributed by atoms with Gasteiger partial charge in [0.1, 0.15) is 6.10 Å². The van der Waals surface area contributed by atoms with Crippen molar-refractivity contribution in [2.24, 2.45) is 5.92 Å². The molecule has 0 saturated heterocycles. The first-order valence-corrected chi connectivity index (χ1v) is 22.1. The molecule has 0 aliphatic heterocycles. The minimum atomic E-state index is -0.626. The summed E-state index contributed by atoms with van der Waals surface area (Å²) in [4.78, 5) is 39.3. The number of esters is 2. The van der Waals surface area contributed by atoms with Gasteiger partial charge in [0.15, 0.2) is 0 Å². The monoisotopic (exact) mass is 740 g/mol. The average Bonchev–Trinajstić information content (AvgIpc) is 3.11. The molecular weight excluding hydrogens is 654 g/mol. The highest BCUT2D eigenvalue weighted by molar-refractivity contribution is 5.69. The Kier molecular flexibility index (Phi) is 37.5. The van der Waals surface area contributed by atoms with Crippen LogP contribution in [0.25, 0.3) is 0 Å². The summed E-state index contributed by atoms with van der Waals surface area (Å²) < 4.78 is 22.2. The van der Waals surface area contributed by atoms with E-state index in [1.165, 1.54) is 96.3 Å². The van der Waals surface area contributed by atoms with Crippen molar-refractivity contribution < 1.29 is 33.3 Å². The number of unbranched alkanes of at least 4 members (excludes halogenated alkanes) is 19. The summed E-state index contributed by atoms with van der Waals surface area (Å²) in [5.74, 6) is 0.231. The van der Waals surface area contributed by atoms with E-state index in [2.05, 4.69) is 25.7 Å². The molecule has 0 saturated carbocycles. The maximum atomic E-state index is 12.9. The van der Waals surface area contributed by atoms with Crippen molar-refractivity contribution in [2.75, 3.05) is 40.5 Å². The third-order valence-corrected chi connectivity index (χ3v) is 9.99. The molecule has 2 atom stereocenters. The topological polar surface area (TPSA) is 91.4 Å². The molecule has 0 spiro atoms. The molecular formula is C44H85NO7. The van der Waals surface area contributed by atoms with Gasteiger partial charge in [-0.15, -0.1) is 0 Å². The molecule has 0 aromatic heterocycles. The van der Waals surface area contributed by atoms with Crippen LogP contribution < -0.4 is 0 Å². The highest BCUT2D eigenvalue weighted by atomic mass is 16.7. The van der Waals surface area contributed by atoms with E-state index in [-0.39, 0.29) is 24.6 Å². The number of rotatable bonds is 39. The van der Waals surface area contributed by atoms with E-state index in [1.54, 1.807) is 0 Å².